The number of aryl methyl sites for hydroxylation is 4. The van der Waals surface area contributed by atoms with Gasteiger partial charge in [0.2, 0.25) is 5.71 Å². The Labute approximate surface area is 205 Å². The number of furan rings is 1. The lowest BCUT2D eigenvalue weighted by molar-refractivity contribution is 0.651. The van der Waals surface area contributed by atoms with Gasteiger partial charge in [-0.25, -0.2) is 4.98 Å². The average molecular weight is 455 g/mol. The van der Waals surface area contributed by atoms with E-state index in [1.165, 1.54) is 27.8 Å². The smallest absolute Gasteiger partial charge is 0.227 e. The SMILES string of the molecule is Cc1cccc(C)c1-c1ccnc(-c2cccc3c2oc2nc(CCc4ccccc4)ccc23)c1. The monoisotopic (exact) mass is 454 g/mol. The topological polar surface area (TPSA) is 38.9 Å². The van der Waals surface area contributed by atoms with E-state index in [0.29, 0.717) is 5.71 Å². The molecule has 0 amide bonds. The van der Waals surface area contributed by atoms with E-state index in [0.717, 1.165) is 46.1 Å². The molecule has 0 aliphatic carbocycles. The number of nitrogens with zero attached hydrogens (tertiary/aromatic N) is 2. The van der Waals surface area contributed by atoms with Gasteiger partial charge < -0.3 is 4.42 Å². The second-order valence-corrected chi connectivity index (χ2v) is 9.12. The number of fused-ring (bicyclic) bond motifs is 3. The molecule has 3 aromatic carbocycles. The van der Waals surface area contributed by atoms with Gasteiger partial charge in [-0.2, -0.15) is 0 Å². The number of benzene rings is 3. The van der Waals surface area contributed by atoms with Crippen LogP contribution in [0, 0.1) is 13.8 Å². The lowest BCUT2D eigenvalue weighted by Crippen LogP contribution is -1.93. The molecule has 6 rings (SSSR count). The van der Waals surface area contributed by atoms with Crippen molar-refractivity contribution in [3.8, 4) is 22.4 Å². The molecule has 6 aromatic rings. The molecule has 3 aromatic heterocycles. The Hall–Kier alpha value is -4.24. The van der Waals surface area contributed by atoms with E-state index in [9.17, 15) is 0 Å². The molecule has 170 valence electrons. The van der Waals surface area contributed by atoms with Crippen molar-refractivity contribution in [2.75, 3.05) is 0 Å². The van der Waals surface area contributed by atoms with E-state index < -0.39 is 0 Å². The number of para-hydroxylation sites is 1. The Morgan fingerprint density at radius 2 is 1.51 bits per heavy atom. The van der Waals surface area contributed by atoms with Gasteiger partial charge in [-0.15, -0.1) is 0 Å². The molecule has 0 radical (unpaired) electrons. The molecule has 35 heavy (non-hydrogen) atoms. The fourth-order valence-electron chi connectivity index (χ4n) is 4.98. The van der Waals surface area contributed by atoms with E-state index in [4.69, 9.17) is 14.4 Å². The highest BCUT2D eigenvalue weighted by Crippen LogP contribution is 2.36. The molecule has 0 fully saturated rings. The highest BCUT2D eigenvalue weighted by Gasteiger charge is 2.15. The van der Waals surface area contributed by atoms with Crippen LogP contribution in [0.4, 0.5) is 0 Å². The third-order valence-corrected chi connectivity index (χ3v) is 6.74. The highest BCUT2D eigenvalue weighted by atomic mass is 16.3. The Morgan fingerprint density at radius 3 is 2.34 bits per heavy atom. The fourth-order valence-corrected chi connectivity index (χ4v) is 4.98. The zero-order chi connectivity index (χ0) is 23.8. The van der Waals surface area contributed by atoms with Crippen molar-refractivity contribution < 1.29 is 4.42 Å². The molecule has 0 aliphatic rings. The van der Waals surface area contributed by atoms with Crippen LogP contribution in [0.15, 0.2) is 102 Å². The van der Waals surface area contributed by atoms with Crippen LogP contribution in [0.5, 0.6) is 0 Å². The molecule has 3 nitrogen and oxygen atoms in total. The normalized spacial score (nSPS) is 11.4. The van der Waals surface area contributed by atoms with Gasteiger partial charge in [-0.05, 0) is 84.8 Å². The summed E-state index contributed by atoms with van der Waals surface area (Å²) in [7, 11) is 0. The summed E-state index contributed by atoms with van der Waals surface area (Å²) in [5.74, 6) is 0. The van der Waals surface area contributed by atoms with E-state index in [1.807, 2.05) is 12.3 Å². The molecule has 0 N–H and O–H groups in total. The highest BCUT2D eigenvalue weighted by molar-refractivity contribution is 6.08. The first kappa shape index (κ1) is 21.3. The predicted molar refractivity (Wildman–Crippen MR) is 144 cm³/mol. The number of rotatable bonds is 5. The molecule has 3 heterocycles. The van der Waals surface area contributed by atoms with Crippen LogP contribution in [-0.4, -0.2) is 9.97 Å². The van der Waals surface area contributed by atoms with Gasteiger partial charge in [0.1, 0.15) is 5.58 Å². The second kappa shape index (κ2) is 8.84. The molecule has 0 bridgehead atoms. The third-order valence-electron chi connectivity index (χ3n) is 6.74. The average Bonchev–Trinajstić information content (AvgIpc) is 3.26. The molecule has 0 aliphatic heterocycles. The van der Waals surface area contributed by atoms with Crippen LogP contribution in [0.25, 0.3) is 44.5 Å². The van der Waals surface area contributed by atoms with Crippen molar-refractivity contribution in [1.29, 1.82) is 0 Å². The minimum absolute atomic E-state index is 0.684. The van der Waals surface area contributed by atoms with Crippen molar-refractivity contribution in [3.05, 3.63) is 120 Å². The first-order valence-electron chi connectivity index (χ1n) is 12.1. The van der Waals surface area contributed by atoms with E-state index in [1.54, 1.807) is 0 Å². The van der Waals surface area contributed by atoms with Crippen molar-refractivity contribution in [2.24, 2.45) is 0 Å². The van der Waals surface area contributed by atoms with E-state index in [-0.39, 0.29) is 0 Å². The first-order valence-corrected chi connectivity index (χ1v) is 12.1. The van der Waals surface area contributed by atoms with Gasteiger partial charge in [0.05, 0.1) is 5.69 Å². The Bertz CT molecular complexity index is 1640. The minimum atomic E-state index is 0.684. The minimum Gasteiger partial charge on any atom is -0.437 e. The van der Waals surface area contributed by atoms with Gasteiger partial charge in [0, 0.05) is 28.2 Å². The fraction of sp³-hybridized carbons (Fsp3) is 0.125. The number of hydrogen-bond donors (Lipinski definition) is 0. The summed E-state index contributed by atoms with van der Waals surface area (Å²) in [6.45, 7) is 4.31. The van der Waals surface area contributed by atoms with E-state index in [2.05, 4.69) is 98.8 Å². The van der Waals surface area contributed by atoms with Crippen LogP contribution in [0.2, 0.25) is 0 Å². The second-order valence-electron chi connectivity index (χ2n) is 9.12. The lowest BCUT2D eigenvalue weighted by atomic mass is 9.95. The molecular formula is C32H26N2O. The summed E-state index contributed by atoms with van der Waals surface area (Å²) < 4.78 is 6.37. The summed E-state index contributed by atoms with van der Waals surface area (Å²) in [4.78, 5) is 9.58. The Balaban J connectivity index is 1.40. The number of pyridine rings is 2. The zero-order valence-corrected chi connectivity index (χ0v) is 20.0. The summed E-state index contributed by atoms with van der Waals surface area (Å²) in [5, 5.41) is 2.11. The van der Waals surface area contributed by atoms with Gasteiger partial charge in [0.15, 0.2) is 0 Å². The molecule has 0 saturated carbocycles. The quantitative estimate of drug-likeness (QED) is 0.264. The van der Waals surface area contributed by atoms with Crippen LogP contribution < -0.4 is 0 Å². The Kier molecular flexibility index (Phi) is 5.38. The van der Waals surface area contributed by atoms with Crippen LogP contribution in [0.3, 0.4) is 0 Å². The zero-order valence-electron chi connectivity index (χ0n) is 20.0. The van der Waals surface area contributed by atoms with Crippen molar-refractivity contribution >= 4 is 22.1 Å². The summed E-state index contributed by atoms with van der Waals surface area (Å²) in [6, 6.07) is 31.7. The standard InChI is InChI=1S/C32H26N2O/c1-21-8-6-9-22(2)30(21)24-18-19-33-29(20-24)28-13-7-12-26-27-17-16-25(34-32(27)35-31(26)28)15-14-23-10-4-3-5-11-23/h3-13,16-20H,14-15H2,1-2H3. The molecular weight excluding hydrogens is 428 g/mol. The first-order chi connectivity index (χ1) is 17.2. The maximum absolute atomic E-state index is 6.37. The molecule has 0 unspecified atom stereocenters. The summed E-state index contributed by atoms with van der Waals surface area (Å²) >= 11 is 0. The van der Waals surface area contributed by atoms with Crippen molar-refractivity contribution in [3.63, 3.8) is 0 Å². The van der Waals surface area contributed by atoms with Crippen molar-refractivity contribution in [2.45, 2.75) is 26.7 Å². The summed E-state index contributed by atoms with van der Waals surface area (Å²) in [6.07, 6.45) is 3.72. The molecule has 0 spiro atoms. The Morgan fingerprint density at radius 1 is 0.714 bits per heavy atom. The van der Waals surface area contributed by atoms with E-state index >= 15 is 0 Å². The van der Waals surface area contributed by atoms with Crippen LogP contribution in [0.1, 0.15) is 22.4 Å². The third kappa shape index (κ3) is 4.00. The summed E-state index contributed by atoms with van der Waals surface area (Å²) in [5.41, 5.74) is 10.7. The molecule has 0 atom stereocenters. The van der Waals surface area contributed by atoms with Gasteiger partial charge in [-0.1, -0.05) is 60.7 Å². The largest absolute Gasteiger partial charge is 0.437 e. The van der Waals surface area contributed by atoms with Gasteiger partial charge in [0.25, 0.3) is 0 Å². The number of aromatic nitrogens is 2. The van der Waals surface area contributed by atoms with Crippen LogP contribution in [-0.2, 0) is 12.8 Å². The van der Waals surface area contributed by atoms with Gasteiger partial charge >= 0.3 is 0 Å². The van der Waals surface area contributed by atoms with Crippen LogP contribution >= 0.6 is 0 Å². The molecule has 3 heteroatoms. The van der Waals surface area contributed by atoms with Crippen molar-refractivity contribution in [1.82, 2.24) is 9.97 Å². The number of hydrogen-bond acceptors (Lipinski definition) is 3. The predicted octanol–water partition coefficient (Wildman–Crippen LogP) is 8.11. The van der Waals surface area contributed by atoms with Gasteiger partial charge in [-0.3, -0.25) is 4.98 Å². The maximum atomic E-state index is 6.37. The molecule has 0 saturated heterocycles. The lowest BCUT2D eigenvalue weighted by Gasteiger charge is -2.11. The maximum Gasteiger partial charge on any atom is 0.227 e.